The third-order valence-corrected chi connectivity index (χ3v) is 2.92. The number of hydrogen-bond donors (Lipinski definition) is 2. The molecule has 3 N–H and O–H groups in total. The van der Waals surface area contributed by atoms with Gasteiger partial charge >= 0.3 is 0 Å². The van der Waals surface area contributed by atoms with Crippen molar-refractivity contribution < 1.29 is 4.79 Å². The smallest absolute Gasteiger partial charge is 0.227 e. The van der Waals surface area contributed by atoms with Gasteiger partial charge in [0.15, 0.2) is 0 Å². The fraction of sp³-hybridized carbons (Fsp3) is 0.500. The average molecular weight is 234 g/mol. The van der Waals surface area contributed by atoms with E-state index in [1.165, 1.54) is 5.56 Å². The Kier molecular flexibility index (Phi) is 5.70. The highest BCUT2D eigenvalue weighted by Gasteiger charge is 2.11. The molecule has 0 aromatic heterocycles. The first kappa shape index (κ1) is 13.7. The quantitative estimate of drug-likeness (QED) is 0.794. The van der Waals surface area contributed by atoms with Gasteiger partial charge in [-0.3, -0.25) is 4.79 Å². The fourth-order valence-corrected chi connectivity index (χ4v) is 1.64. The summed E-state index contributed by atoms with van der Waals surface area (Å²) in [5, 5.41) is 2.92. The topological polar surface area (TPSA) is 55.1 Å². The van der Waals surface area contributed by atoms with Gasteiger partial charge in [0.05, 0.1) is 0 Å². The molecule has 0 aliphatic carbocycles. The molecule has 0 aliphatic heterocycles. The Hall–Kier alpha value is -1.35. The lowest BCUT2D eigenvalue weighted by molar-refractivity contribution is -0.119. The number of aryl methyl sites for hydroxylation is 1. The van der Waals surface area contributed by atoms with E-state index in [0.29, 0.717) is 6.54 Å². The van der Waals surface area contributed by atoms with Crippen molar-refractivity contribution in [3.05, 3.63) is 29.8 Å². The Morgan fingerprint density at radius 3 is 2.53 bits per heavy atom. The summed E-state index contributed by atoms with van der Waals surface area (Å²) in [5.74, 6) is 0.0899. The Bertz CT molecular complexity index is 346. The van der Waals surface area contributed by atoms with Crippen LogP contribution in [0.1, 0.15) is 32.3 Å². The summed E-state index contributed by atoms with van der Waals surface area (Å²) >= 11 is 0. The van der Waals surface area contributed by atoms with Crippen LogP contribution >= 0.6 is 0 Å². The highest BCUT2D eigenvalue weighted by molar-refractivity contribution is 5.92. The zero-order valence-corrected chi connectivity index (χ0v) is 10.7. The second-order valence-electron chi connectivity index (χ2n) is 4.37. The number of nitrogens with two attached hydrogens (primary N) is 1. The summed E-state index contributed by atoms with van der Waals surface area (Å²) < 4.78 is 0. The van der Waals surface area contributed by atoms with Crippen LogP contribution in [-0.4, -0.2) is 12.5 Å². The third kappa shape index (κ3) is 4.57. The summed E-state index contributed by atoms with van der Waals surface area (Å²) in [6.45, 7) is 4.69. The van der Waals surface area contributed by atoms with Crippen LogP contribution in [0.3, 0.4) is 0 Å². The number of benzene rings is 1. The van der Waals surface area contributed by atoms with Gasteiger partial charge in [0, 0.05) is 11.6 Å². The van der Waals surface area contributed by atoms with E-state index in [1.54, 1.807) is 0 Å². The number of anilines is 1. The minimum Gasteiger partial charge on any atom is -0.330 e. The Morgan fingerprint density at radius 2 is 2.00 bits per heavy atom. The Morgan fingerprint density at radius 1 is 1.35 bits per heavy atom. The van der Waals surface area contributed by atoms with Crippen molar-refractivity contribution in [1.29, 1.82) is 0 Å². The van der Waals surface area contributed by atoms with Gasteiger partial charge in [0.2, 0.25) is 5.91 Å². The first-order chi connectivity index (χ1) is 8.17. The number of carbonyl (C=O) groups excluding carboxylic acids is 1. The van der Waals surface area contributed by atoms with Crippen molar-refractivity contribution in [2.24, 2.45) is 11.7 Å². The summed E-state index contributed by atoms with van der Waals surface area (Å²) in [4.78, 5) is 11.8. The summed E-state index contributed by atoms with van der Waals surface area (Å²) in [7, 11) is 0. The van der Waals surface area contributed by atoms with Crippen molar-refractivity contribution >= 4 is 11.6 Å². The molecule has 0 fully saturated rings. The molecule has 0 radical (unpaired) electrons. The second kappa shape index (κ2) is 7.07. The van der Waals surface area contributed by atoms with Gasteiger partial charge in [-0.2, -0.15) is 0 Å². The fourth-order valence-electron chi connectivity index (χ4n) is 1.64. The van der Waals surface area contributed by atoms with Crippen molar-refractivity contribution in [2.45, 2.75) is 33.1 Å². The average Bonchev–Trinajstić information content (AvgIpc) is 2.36. The molecule has 3 nitrogen and oxygen atoms in total. The molecule has 0 saturated heterocycles. The molecule has 3 heteroatoms. The van der Waals surface area contributed by atoms with E-state index in [1.807, 2.05) is 31.2 Å². The number of carbonyl (C=O) groups is 1. The van der Waals surface area contributed by atoms with Crippen LogP contribution in [0.25, 0.3) is 0 Å². The third-order valence-electron chi connectivity index (χ3n) is 2.92. The Labute approximate surface area is 103 Å². The van der Waals surface area contributed by atoms with Crippen molar-refractivity contribution in [1.82, 2.24) is 0 Å². The maximum Gasteiger partial charge on any atom is 0.227 e. The summed E-state index contributed by atoms with van der Waals surface area (Å²) in [6.07, 6.45) is 2.75. The number of hydrogen-bond acceptors (Lipinski definition) is 2. The Balaban J connectivity index is 2.49. The SMILES string of the molecule is CCc1ccc(NC(=O)C(C)CCCN)cc1. The van der Waals surface area contributed by atoms with E-state index in [9.17, 15) is 4.79 Å². The molecule has 94 valence electrons. The second-order valence-corrected chi connectivity index (χ2v) is 4.37. The zero-order valence-electron chi connectivity index (χ0n) is 10.7. The largest absolute Gasteiger partial charge is 0.330 e. The van der Waals surface area contributed by atoms with Crippen molar-refractivity contribution in [3.63, 3.8) is 0 Å². The van der Waals surface area contributed by atoms with E-state index in [4.69, 9.17) is 5.73 Å². The minimum absolute atomic E-state index is 0.0180. The van der Waals surface area contributed by atoms with E-state index >= 15 is 0 Å². The molecule has 1 aromatic carbocycles. The first-order valence-corrected chi connectivity index (χ1v) is 6.27. The highest BCUT2D eigenvalue weighted by atomic mass is 16.1. The lowest BCUT2D eigenvalue weighted by Crippen LogP contribution is -2.21. The monoisotopic (exact) mass is 234 g/mol. The lowest BCUT2D eigenvalue weighted by atomic mass is 10.0. The summed E-state index contributed by atoms with van der Waals surface area (Å²) in [5.41, 5.74) is 7.57. The molecule has 17 heavy (non-hydrogen) atoms. The maximum absolute atomic E-state index is 11.8. The molecule has 0 saturated carbocycles. The van der Waals surface area contributed by atoms with Gasteiger partial charge in [0.25, 0.3) is 0 Å². The zero-order chi connectivity index (χ0) is 12.7. The van der Waals surface area contributed by atoms with Gasteiger partial charge in [-0.25, -0.2) is 0 Å². The van der Waals surface area contributed by atoms with Gasteiger partial charge < -0.3 is 11.1 Å². The molecule has 0 aliphatic rings. The van der Waals surface area contributed by atoms with E-state index in [2.05, 4.69) is 12.2 Å². The predicted octanol–water partition coefficient (Wildman–Crippen LogP) is 2.56. The van der Waals surface area contributed by atoms with Crippen molar-refractivity contribution in [2.75, 3.05) is 11.9 Å². The first-order valence-electron chi connectivity index (χ1n) is 6.27. The standard InChI is InChI=1S/C14H22N2O/c1-3-12-6-8-13(9-7-12)16-14(17)11(2)5-4-10-15/h6-9,11H,3-5,10,15H2,1-2H3,(H,16,17). The molecule has 0 bridgehead atoms. The van der Waals surface area contributed by atoms with Crippen LogP contribution in [-0.2, 0) is 11.2 Å². The van der Waals surface area contributed by atoms with Crippen LogP contribution in [0, 0.1) is 5.92 Å². The molecule has 1 amide bonds. The van der Waals surface area contributed by atoms with Gasteiger partial charge in [-0.05, 0) is 43.5 Å². The van der Waals surface area contributed by atoms with E-state index in [0.717, 1.165) is 24.9 Å². The molecule has 0 heterocycles. The van der Waals surface area contributed by atoms with E-state index in [-0.39, 0.29) is 11.8 Å². The summed E-state index contributed by atoms with van der Waals surface area (Å²) in [6, 6.07) is 7.99. The molecule has 0 spiro atoms. The highest BCUT2D eigenvalue weighted by Crippen LogP contribution is 2.13. The number of amides is 1. The maximum atomic E-state index is 11.8. The number of nitrogens with one attached hydrogen (secondary N) is 1. The van der Waals surface area contributed by atoms with E-state index < -0.39 is 0 Å². The van der Waals surface area contributed by atoms with Crippen molar-refractivity contribution in [3.8, 4) is 0 Å². The van der Waals surface area contributed by atoms with Gasteiger partial charge in [-0.15, -0.1) is 0 Å². The van der Waals surface area contributed by atoms with Crippen LogP contribution < -0.4 is 11.1 Å². The van der Waals surface area contributed by atoms with Crippen LogP contribution in [0.15, 0.2) is 24.3 Å². The molecule has 1 unspecified atom stereocenters. The van der Waals surface area contributed by atoms with Crippen LogP contribution in [0.2, 0.25) is 0 Å². The van der Waals surface area contributed by atoms with Crippen LogP contribution in [0.5, 0.6) is 0 Å². The number of rotatable bonds is 6. The lowest BCUT2D eigenvalue weighted by Gasteiger charge is -2.11. The predicted molar refractivity (Wildman–Crippen MR) is 71.9 cm³/mol. The molecule has 1 rings (SSSR count). The molecular weight excluding hydrogens is 212 g/mol. The van der Waals surface area contributed by atoms with Gasteiger partial charge in [0.1, 0.15) is 0 Å². The van der Waals surface area contributed by atoms with Crippen LogP contribution in [0.4, 0.5) is 5.69 Å². The molecular formula is C14H22N2O. The molecule has 1 aromatic rings. The minimum atomic E-state index is 0.0180. The normalized spacial score (nSPS) is 12.2. The molecule has 1 atom stereocenters. The van der Waals surface area contributed by atoms with Gasteiger partial charge in [-0.1, -0.05) is 26.0 Å².